The van der Waals surface area contributed by atoms with E-state index >= 15 is 0 Å². The molecule has 2 bridgehead atoms. The van der Waals surface area contributed by atoms with Crippen LogP contribution in [0.3, 0.4) is 0 Å². The number of sulfonamides is 1. The Bertz CT molecular complexity index is 1020. The lowest BCUT2D eigenvalue weighted by molar-refractivity contribution is -0.199. The minimum absolute atomic E-state index is 0.000549. The number of amides is 1. The average Bonchev–Trinajstić information content (AvgIpc) is 3.15. The maximum atomic E-state index is 13.0. The standard InChI is InChI=1S/C25H40BN3O5S/c1-24(2)18-14-20(24)25(3)21(15-18)33-26(34-25)22(13-9-12-17-10-7-6-8-11-17)28-23(30)19(27)16-35(31,32)29(4)5/h6-8,10-11,18-22H,9,12-16,27H2,1-5H3,(H,28,30)/t18-,19+,20-,21+,22-,25-/m0/s1. The topological polar surface area (TPSA) is 111 Å². The van der Waals surface area contributed by atoms with Crippen molar-refractivity contribution in [1.29, 1.82) is 0 Å². The first-order chi connectivity index (χ1) is 16.3. The van der Waals surface area contributed by atoms with Crippen molar-refractivity contribution in [1.82, 2.24) is 9.62 Å². The van der Waals surface area contributed by atoms with Gasteiger partial charge in [-0.2, -0.15) is 0 Å². The number of nitrogens with one attached hydrogen (secondary N) is 1. The largest absolute Gasteiger partial charge is 0.481 e. The molecule has 0 radical (unpaired) electrons. The number of benzene rings is 1. The molecule has 35 heavy (non-hydrogen) atoms. The summed E-state index contributed by atoms with van der Waals surface area (Å²) in [4.78, 5) is 13.0. The van der Waals surface area contributed by atoms with E-state index in [0.29, 0.717) is 18.3 Å². The molecule has 8 nitrogen and oxygen atoms in total. The summed E-state index contributed by atoms with van der Waals surface area (Å²) in [5.41, 5.74) is 7.07. The quantitative estimate of drug-likeness (QED) is 0.471. The Labute approximate surface area is 210 Å². The normalized spacial score (nSPS) is 30.9. The van der Waals surface area contributed by atoms with Crippen LogP contribution in [0.15, 0.2) is 30.3 Å². The third-order valence-corrected chi connectivity index (χ3v) is 10.6. The first-order valence-corrected chi connectivity index (χ1v) is 14.3. The average molecular weight is 505 g/mol. The summed E-state index contributed by atoms with van der Waals surface area (Å²) < 4.78 is 38.6. The molecule has 1 saturated heterocycles. The number of rotatable bonds is 10. The lowest BCUT2D eigenvalue weighted by Gasteiger charge is -2.64. The van der Waals surface area contributed by atoms with E-state index in [1.54, 1.807) is 0 Å². The second-order valence-electron chi connectivity index (χ2n) is 11.5. The SMILES string of the molecule is CN(C)S(=O)(=O)C[C@@H](N)C(=O)N[C@@H](CCCc1ccccc1)B1O[C@@H]2C[C@@H]3C[C@@H](C3(C)C)[C@]2(C)O1. The molecular weight excluding hydrogens is 465 g/mol. The van der Waals surface area contributed by atoms with E-state index in [-0.39, 0.29) is 17.1 Å². The Morgan fingerprint density at radius 2 is 1.91 bits per heavy atom. The number of carbonyl (C=O) groups excluding carboxylic acids is 1. The van der Waals surface area contributed by atoms with Crippen molar-refractivity contribution in [2.24, 2.45) is 23.0 Å². The predicted octanol–water partition coefficient (Wildman–Crippen LogP) is 1.98. The Kier molecular flexibility index (Phi) is 7.43. The molecule has 1 aromatic carbocycles. The van der Waals surface area contributed by atoms with Gasteiger partial charge in [0, 0.05) is 14.1 Å². The lowest BCUT2D eigenvalue weighted by Crippen LogP contribution is -2.65. The molecule has 3 saturated carbocycles. The molecule has 5 rings (SSSR count). The number of hydrogen-bond donors (Lipinski definition) is 2. The van der Waals surface area contributed by atoms with Gasteiger partial charge in [0.2, 0.25) is 15.9 Å². The maximum absolute atomic E-state index is 13.0. The van der Waals surface area contributed by atoms with Crippen molar-refractivity contribution in [3.8, 4) is 0 Å². The van der Waals surface area contributed by atoms with Gasteiger partial charge in [-0.05, 0) is 61.8 Å². The Morgan fingerprint density at radius 1 is 1.23 bits per heavy atom. The molecule has 0 unspecified atom stereocenters. The van der Waals surface area contributed by atoms with Gasteiger partial charge in [0.15, 0.2) is 0 Å². The van der Waals surface area contributed by atoms with Crippen molar-refractivity contribution < 1.29 is 22.5 Å². The molecule has 0 aromatic heterocycles. The van der Waals surface area contributed by atoms with Gasteiger partial charge in [0.05, 0.1) is 29.4 Å². The van der Waals surface area contributed by atoms with Crippen LogP contribution in [0.4, 0.5) is 0 Å². The minimum atomic E-state index is -3.61. The highest BCUT2D eigenvalue weighted by molar-refractivity contribution is 7.89. The van der Waals surface area contributed by atoms with Crippen molar-refractivity contribution in [2.45, 2.75) is 76.6 Å². The Morgan fingerprint density at radius 3 is 2.54 bits per heavy atom. The molecule has 0 spiro atoms. The number of aryl methyl sites for hydroxylation is 1. The fraction of sp³-hybridized carbons (Fsp3) is 0.720. The maximum Gasteiger partial charge on any atom is 0.481 e. The van der Waals surface area contributed by atoms with Gasteiger partial charge in [-0.15, -0.1) is 0 Å². The molecule has 3 N–H and O–H groups in total. The summed E-state index contributed by atoms with van der Waals surface area (Å²) >= 11 is 0. The summed E-state index contributed by atoms with van der Waals surface area (Å²) in [5.74, 6) is -0.326. The van der Waals surface area contributed by atoms with Gasteiger partial charge in [-0.1, -0.05) is 44.2 Å². The summed E-state index contributed by atoms with van der Waals surface area (Å²) in [6.45, 7) is 6.78. The van der Waals surface area contributed by atoms with Crippen LogP contribution in [0.2, 0.25) is 0 Å². The molecule has 1 heterocycles. The molecule has 1 amide bonds. The van der Waals surface area contributed by atoms with E-state index in [1.807, 2.05) is 18.2 Å². The van der Waals surface area contributed by atoms with Crippen LogP contribution >= 0.6 is 0 Å². The zero-order valence-corrected chi connectivity index (χ0v) is 22.4. The smallest absolute Gasteiger partial charge is 0.404 e. The van der Waals surface area contributed by atoms with Crippen LogP contribution in [-0.2, 0) is 30.5 Å². The summed E-state index contributed by atoms with van der Waals surface area (Å²) in [6, 6.07) is 9.02. The summed E-state index contributed by atoms with van der Waals surface area (Å²) in [7, 11) is -1.33. The first kappa shape index (κ1) is 26.6. The van der Waals surface area contributed by atoms with Gasteiger partial charge in [-0.3, -0.25) is 4.79 Å². The van der Waals surface area contributed by atoms with Crippen molar-refractivity contribution in [3.05, 3.63) is 35.9 Å². The molecule has 1 aliphatic heterocycles. The molecule has 3 aliphatic carbocycles. The lowest BCUT2D eigenvalue weighted by atomic mass is 9.43. The fourth-order valence-corrected chi connectivity index (χ4v) is 7.16. The van der Waals surface area contributed by atoms with Crippen LogP contribution in [0.1, 0.15) is 52.0 Å². The summed E-state index contributed by atoms with van der Waals surface area (Å²) in [5, 5.41) is 2.99. The van der Waals surface area contributed by atoms with Crippen LogP contribution in [0.25, 0.3) is 0 Å². The van der Waals surface area contributed by atoms with Crippen LogP contribution in [0.5, 0.6) is 0 Å². The monoisotopic (exact) mass is 505 g/mol. The number of hydrogen-bond acceptors (Lipinski definition) is 6. The number of nitrogens with two attached hydrogens (primary N) is 1. The van der Waals surface area contributed by atoms with Crippen LogP contribution in [-0.4, -0.2) is 69.3 Å². The number of nitrogens with zero attached hydrogens (tertiary/aromatic N) is 1. The molecular formula is C25H40BN3O5S. The molecule has 4 aliphatic rings. The summed E-state index contributed by atoms with van der Waals surface area (Å²) in [6.07, 6.45) is 4.43. The van der Waals surface area contributed by atoms with E-state index in [2.05, 4.69) is 38.2 Å². The van der Waals surface area contributed by atoms with Crippen LogP contribution < -0.4 is 11.1 Å². The van der Waals surface area contributed by atoms with Gasteiger partial charge in [0.25, 0.3) is 0 Å². The van der Waals surface area contributed by atoms with E-state index in [4.69, 9.17) is 15.0 Å². The molecule has 10 heteroatoms. The van der Waals surface area contributed by atoms with Crippen LogP contribution in [0, 0.1) is 17.3 Å². The third kappa shape index (κ3) is 5.18. The predicted molar refractivity (Wildman–Crippen MR) is 137 cm³/mol. The molecule has 4 fully saturated rings. The first-order valence-electron chi connectivity index (χ1n) is 12.7. The number of carbonyl (C=O) groups is 1. The third-order valence-electron chi connectivity index (χ3n) is 8.73. The second-order valence-corrected chi connectivity index (χ2v) is 13.7. The second kappa shape index (κ2) is 9.78. The van der Waals surface area contributed by atoms with E-state index in [9.17, 15) is 13.2 Å². The Hall–Kier alpha value is -1.46. The highest BCUT2D eigenvalue weighted by Crippen LogP contribution is 2.65. The molecule has 194 valence electrons. The molecule has 6 atom stereocenters. The molecule has 1 aromatic rings. The van der Waals surface area contributed by atoms with E-state index in [0.717, 1.165) is 30.0 Å². The van der Waals surface area contributed by atoms with Crippen molar-refractivity contribution in [2.75, 3.05) is 19.8 Å². The highest BCUT2D eigenvalue weighted by atomic mass is 32.2. The van der Waals surface area contributed by atoms with Gasteiger partial charge < -0.3 is 20.4 Å². The zero-order chi connectivity index (χ0) is 25.6. The van der Waals surface area contributed by atoms with E-state index < -0.39 is 40.8 Å². The minimum Gasteiger partial charge on any atom is -0.404 e. The van der Waals surface area contributed by atoms with Crippen molar-refractivity contribution in [3.63, 3.8) is 0 Å². The Balaban J connectivity index is 1.46. The van der Waals surface area contributed by atoms with Gasteiger partial charge >= 0.3 is 7.12 Å². The highest BCUT2D eigenvalue weighted by Gasteiger charge is 2.68. The van der Waals surface area contributed by atoms with Gasteiger partial charge in [-0.25, -0.2) is 12.7 Å². The van der Waals surface area contributed by atoms with E-state index in [1.165, 1.54) is 19.7 Å². The zero-order valence-electron chi connectivity index (χ0n) is 21.6. The van der Waals surface area contributed by atoms with Crippen molar-refractivity contribution >= 4 is 23.0 Å². The van der Waals surface area contributed by atoms with Gasteiger partial charge in [0.1, 0.15) is 0 Å². The fourth-order valence-electron chi connectivity index (χ4n) is 6.26.